The molecule has 0 saturated heterocycles. The summed E-state index contributed by atoms with van der Waals surface area (Å²) in [5, 5.41) is 5.26. The van der Waals surface area contributed by atoms with Gasteiger partial charge in [-0.05, 0) is 35.7 Å². The maximum absolute atomic E-state index is 12.4. The summed E-state index contributed by atoms with van der Waals surface area (Å²) in [6.07, 6.45) is 0. The van der Waals surface area contributed by atoms with Gasteiger partial charge >= 0.3 is 5.63 Å². The number of methoxy groups -OCH3 is 1. The molecule has 1 aromatic carbocycles. The molecule has 0 fully saturated rings. The highest BCUT2D eigenvalue weighted by molar-refractivity contribution is 7.13. The first kappa shape index (κ1) is 17.1. The van der Waals surface area contributed by atoms with Crippen LogP contribution in [0.4, 0.5) is 0 Å². The van der Waals surface area contributed by atoms with Crippen molar-refractivity contribution in [1.29, 1.82) is 0 Å². The summed E-state index contributed by atoms with van der Waals surface area (Å²) in [5.74, 6) is 1.25. The van der Waals surface area contributed by atoms with Gasteiger partial charge in [0.25, 0.3) is 5.91 Å². The molecule has 0 unspecified atom stereocenters. The lowest BCUT2D eigenvalue weighted by Gasteiger charge is -2.06. The predicted octanol–water partition coefficient (Wildman–Crippen LogP) is 4.05. The normalized spacial score (nSPS) is 10.9. The lowest BCUT2D eigenvalue weighted by Crippen LogP contribution is -2.27. The number of para-hydroxylation sites is 1. The van der Waals surface area contributed by atoms with E-state index in [1.54, 1.807) is 35.6 Å². The van der Waals surface area contributed by atoms with Gasteiger partial charge in [0, 0.05) is 5.39 Å². The number of fused-ring (bicyclic) bond motifs is 1. The zero-order valence-electron chi connectivity index (χ0n) is 14.4. The Bertz CT molecular complexity index is 1160. The van der Waals surface area contributed by atoms with Gasteiger partial charge in [0.05, 0.1) is 18.5 Å². The highest BCUT2D eigenvalue weighted by Crippen LogP contribution is 2.27. The SMILES string of the molecule is COc1cccc2cc(C(=O)NCc3ccc(-c4cccs4)o3)c(=O)oc12. The van der Waals surface area contributed by atoms with Crippen LogP contribution in [0.25, 0.3) is 21.6 Å². The third kappa shape index (κ3) is 3.37. The topological polar surface area (TPSA) is 81.7 Å². The summed E-state index contributed by atoms with van der Waals surface area (Å²) in [4.78, 5) is 25.6. The number of thiophene rings is 1. The summed E-state index contributed by atoms with van der Waals surface area (Å²) < 4.78 is 16.2. The van der Waals surface area contributed by atoms with E-state index in [0.29, 0.717) is 22.5 Å². The van der Waals surface area contributed by atoms with Crippen LogP contribution in [-0.4, -0.2) is 13.0 Å². The van der Waals surface area contributed by atoms with Crippen LogP contribution >= 0.6 is 11.3 Å². The number of carbonyl (C=O) groups is 1. The fourth-order valence-corrected chi connectivity index (χ4v) is 3.41. The number of furan rings is 1. The van der Waals surface area contributed by atoms with Crippen molar-refractivity contribution < 1.29 is 18.4 Å². The number of benzene rings is 1. The maximum atomic E-state index is 12.4. The smallest absolute Gasteiger partial charge is 0.349 e. The van der Waals surface area contributed by atoms with Crippen LogP contribution in [-0.2, 0) is 6.54 Å². The molecule has 0 aliphatic heterocycles. The van der Waals surface area contributed by atoms with Crippen LogP contribution < -0.4 is 15.7 Å². The van der Waals surface area contributed by atoms with Gasteiger partial charge in [-0.25, -0.2) is 4.79 Å². The second-order valence-corrected chi connectivity index (χ2v) is 6.70. The highest BCUT2D eigenvalue weighted by atomic mass is 32.1. The number of carbonyl (C=O) groups excluding carboxylic acids is 1. The molecule has 0 atom stereocenters. The third-order valence-corrected chi connectivity index (χ3v) is 4.92. The van der Waals surface area contributed by atoms with E-state index in [1.807, 2.05) is 23.6 Å². The highest BCUT2D eigenvalue weighted by Gasteiger charge is 2.16. The van der Waals surface area contributed by atoms with Gasteiger partial charge < -0.3 is 18.9 Å². The molecule has 0 aliphatic rings. The van der Waals surface area contributed by atoms with Crippen molar-refractivity contribution in [2.24, 2.45) is 0 Å². The van der Waals surface area contributed by atoms with Gasteiger partial charge in [-0.3, -0.25) is 4.79 Å². The average molecular weight is 381 g/mol. The summed E-state index contributed by atoms with van der Waals surface area (Å²) in [7, 11) is 1.49. The summed E-state index contributed by atoms with van der Waals surface area (Å²) in [6.45, 7) is 0.166. The molecule has 1 amide bonds. The van der Waals surface area contributed by atoms with E-state index in [-0.39, 0.29) is 12.1 Å². The predicted molar refractivity (Wildman–Crippen MR) is 102 cm³/mol. The van der Waals surface area contributed by atoms with E-state index in [9.17, 15) is 9.59 Å². The van der Waals surface area contributed by atoms with Gasteiger partial charge in [-0.1, -0.05) is 18.2 Å². The fourth-order valence-electron chi connectivity index (χ4n) is 2.72. The molecule has 1 N–H and O–H groups in total. The summed E-state index contributed by atoms with van der Waals surface area (Å²) in [6, 6.07) is 14.2. The van der Waals surface area contributed by atoms with E-state index < -0.39 is 11.5 Å². The monoisotopic (exact) mass is 381 g/mol. The van der Waals surface area contributed by atoms with Crippen molar-refractivity contribution in [3.05, 3.63) is 75.7 Å². The minimum Gasteiger partial charge on any atom is -0.493 e. The van der Waals surface area contributed by atoms with E-state index in [1.165, 1.54) is 13.2 Å². The van der Waals surface area contributed by atoms with Crippen LogP contribution in [0.2, 0.25) is 0 Å². The molecule has 0 saturated carbocycles. The average Bonchev–Trinajstić information content (AvgIpc) is 3.36. The van der Waals surface area contributed by atoms with E-state index in [4.69, 9.17) is 13.6 Å². The third-order valence-electron chi connectivity index (χ3n) is 4.04. The molecule has 7 heteroatoms. The Morgan fingerprint density at radius 2 is 2.04 bits per heavy atom. The van der Waals surface area contributed by atoms with Crippen molar-refractivity contribution >= 4 is 28.2 Å². The molecular formula is C20H15NO5S. The van der Waals surface area contributed by atoms with Gasteiger partial charge in [-0.2, -0.15) is 0 Å². The van der Waals surface area contributed by atoms with Crippen molar-refractivity contribution in [3.8, 4) is 16.4 Å². The number of amides is 1. The molecule has 4 rings (SSSR count). The first-order valence-electron chi connectivity index (χ1n) is 8.17. The molecule has 4 aromatic rings. The molecule has 0 radical (unpaired) electrons. The number of nitrogens with one attached hydrogen (secondary N) is 1. The maximum Gasteiger partial charge on any atom is 0.349 e. The second kappa shape index (κ2) is 7.13. The molecule has 0 bridgehead atoms. The van der Waals surface area contributed by atoms with E-state index in [0.717, 1.165) is 10.6 Å². The standard InChI is InChI=1S/C20H15NO5S/c1-24-16-5-2-4-12-10-14(20(23)26-18(12)16)19(22)21-11-13-7-8-15(25-13)17-6-3-9-27-17/h2-10H,11H2,1H3,(H,21,22). The lowest BCUT2D eigenvalue weighted by atomic mass is 10.1. The van der Waals surface area contributed by atoms with Gasteiger partial charge in [0.1, 0.15) is 17.1 Å². The van der Waals surface area contributed by atoms with E-state index in [2.05, 4.69) is 5.32 Å². The number of ether oxygens (including phenoxy) is 1. The number of rotatable bonds is 5. The van der Waals surface area contributed by atoms with Crippen LogP contribution in [0.1, 0.15) is 16.1 Å². The second-order valence-electron chi connectivity index (χ2n) is 5.75. The van der Waals surface area contributed by atoms with Gasteiger partial charge in [-0.15, -0.1) is 11.3 Å². The summed E-state index contributed by atoms with van der Waals surface area (Å²) >= 11 is 1.57. The van der Waals surface area contributed by atoms with Crippen molar-refractivity contribution in [3.63, 3.8) is 0 Å². The quantitative estimate of drug-likeness (QED) is 0.527. The molecule has 3 heterocycles. The molecule has 136 valence electrons. The zero-order valence-corrected chi connectivity index (χ0v) is 15.2. The summed E-state index contributed by atoms with van der Waals surface area (Å²) in [5.41, 5.74) is -0.475. The Labute approximate surface area is 158 Å². The van der Waals surface area contributed by atoms with Crippen LogP contribution in [0.3, 0.4) is 0 Å². The van der Waals surface area contributed by atoms with Crippen molar-refractivity contribution in [2.75, 3.05) is 7.11 Å². The molecule has 0 aliphatic carbocycles. The number of hydrogen-bond acceptors (Lipinski definition) is 6. The number of hydrogen-bond donors (Lipinski definition) is 1. The Balaban J connectivity index is 1.53. The fraction of sp³-hybridized carbons (Fsp3) is 0.100. The first-order valence-corrected chi connectivity index (χ1v) is 9.05. The Hall–Kier alpha value is -3.32. The van der Waals surface area contributed by atoms with Gasteiger partial charge in [0.15, 0.2) is 11.3 Å². The van der Waals surface area contributed by atoms with Crippen molar-refractivity contribution in [1.82, 2.24) is 5.32 Å². The van der Waals surface area contributed by atoms with Crippen LogP contribution in [0, 0.1) is 0 Å². The molecule has 27 heavy (non-hydrogen) atoms. The minimum absolute atomic E-state index is 0.0687. The first-order chi connectivity index (χ1) is 13.2. The van der Waals surface area contributed by atoms with Crippen LogP contribution in [0.15, 0.2) is 67.5 Å². The molecule has 3 aromatic heterocycles. The Morgan fingerprint density at radius 1 is 1.15 bits per heavy atom. The van der Waals surface area contributed by atoms with Crippen molar-refractivity contribution in [2.45, 2.75) is 6.54 Å². The molecule has 0 spiro atoms. The van der Waals surface area contributed by atoms with Crippen LogP contribution in [0.5, 0.6) is 5.75 Å². The lowest BCUT2D eigenvalue weighted by molar-refractivity contribution is 0.0944. The Morgan fingerprint density at radius 3 is 2.81 bits per heavy atom. The molecular weight excluding hydrogens is 366 g/mol. The Kier molecular flexibility index (Phi) is 4.52. The molecule has 6 nitrogen and oxygen atoms in total. The van der Waals surface area contributed by atoms with Gasteiger partial charge in [0.2, 0.25) is 0 Å². The zero-order chi connectivity index (χ0) is 18.8. The largest absolute Gasteiger partial charge is 0.493 e. The minimum atomic E-state index is -0.719. The van der Waals surface area contributed by atoms with E-state index >= 15 is 0 Å².